The molecule has 0 aliphatic rings. The van der Waals surface area contributed by atoms with Gasteiger partial charge in [-0.15, -0.1) is 0 Å². The van der Waals surface area contributed by atoms with E-state index in [1.807, 2.05) is 11.9 Å². The van der Waals surface area contributed by atoms with Crippen molar-refractivity contribution in [2.75, 3.05) is 20.1 Å². The second-order valence-corrected chi connectivity index (χ2v) is 4.41. The topological polar surface area (TPSA) is 66.6 Å². The minimum absolute atomic E-state index is 0.237. The largest absolute Gasteiger partial charge is 0.480 e. The smallest absolute Gasteiger partial charge is 0.320 e. The first kappa shape index (κ1) is 14.6. The molecule has 1 atom stereocenters. The zero-order valence-electron chi connectivity index (χ0n) is 10.5. The number of carboxylic acid groups (broad SMARTS) is 1. The zero-order valence-corrected chi connectivity index (χ0v) is 10.5. The number of hydrogen-bond donors (Lipinski definition) is 2. The van der Waals surface area contributed by atoms with E-state index in [4.69, 9.17) is 10.8 Å². The summed E-state index contributed by atoms with van der Waals surface area (Å²) in [5, 5.41) is 8.65. The van der Waals surface area contributed by atoms with Gasteiger partial charge in [-0.25, -0.2) is 4.39 Å². The molecule has 0 fully saturated rings. The van der Waals surface area contributed by atoms with Gasteiger partial charge in [-0.2, -0.15) is 0 Å². The highest BCUT2D eigenvalue weighted by Gasteiger charge is 2.11. The van der Waals surface area contributed by atoms with Crippen molar-refractivity contribution in [1.29, 1.82) is 0 Å². The van der Waals surface area contributed by atoms with Crippen LogP contribution in [0.25, 0.3) is 0 Å². The minimum atomic E-state index is -0.970. The molecule has 18 heavy (non-hydrogen) atoms. The lowest BCUT2D eigenvalue weighted by atomic mass is 10.1. The van der Waals surface area contributed by atoms with Crippen LogP contribution in [0.3, 0.4) is 0 Å². The molecule has 0 radical (unpaired) electrons. The first-order valence-corrected chi connectivity index (χ1v) is 5.90. The molecule has 0 aliphatic carbocycles. The third-order valence-electron chi connectivity index (χ3n) is 2.83. The molecule has 1 rings (SSSR count). The Morgan fingerprint density at radius 1 is 1.39 bits per heavy atom. The fourth-order valence-electron chi connectivity index (χ4n) is 1.57. The van der Waals surface area contributed by atoms with Crippen molar-refractivity contribution in [3.8, 4) is 0 Å². The summed E-state index contributed by atoms with van der Waals surface area (Å²) in [6.45, 7) is 1.42. The summed E-state index contributed by atoms with van der Waals surface area (Å²) in [5.41, 5.74) is 6.48. The molecule has 4 nitrogen and oxygen atoms in total. The summed E-state index contributed by atoms with van der Waals surface area (Å²) in [6.07, 6.45) is 1.23. The van der Waals surface area contributed by atoms with Crippen LogP contribution in [0.5, 0.6) is 0 Å². The number of hydrogen-bond acceptors (Lipinski definition) is 3. The molecule has 100 valence electrons. The number of carbonyl (C=O) groups is 1. The molecule has 0 heterocycles. The van der Waals surface area contributed by atoms with Crippen LogP contribution < -0.4 is 5.73 Å². The minimum Gasteiger partial charge on any atom is -0.480 e. The second kappa shape index (κ2) is 7.08. The van der Waals surface area contributed by atoms with Gasteiger partial charge in [0.25, 0.3) is 0 Å². The summed E-state index contributed by atoms with van der Waals surface area (Å²) in [5.74, 6) is -1.21. The molecule has 3 N–H and O–H groups in total. The molecule has 5 heteroatoms. The van der Waals surface area contributed by atoms with E-state index in [0.717, 1.165) is 18.5 Å². The number of nitrogens with zero attached hydrogens (tertiary/aromatic N) is 1. The Morgan fingerprint density at radius 3 is 2.56 bits per heavy atom. The van der Waals surface area contributed by atoms with Gasteiger partial charge in [0.1, 0.15) is 11.9 Å². The highest BCUT2D eigenvalue weighted by Crippen LogP contribution is 2.04. The molecule has 1 aromatic rings. The average Bonchev–Trinajstić information content (AvgIpc) is 2.35. The quantitative estimate of drug-likeness (QED) is 0.764. The van der Waals surface area contributed by atoms with E-state index in [1.165, 1.54) is 12.1 Å². The predicted molar refractivity (Wildman–Crippen MR) is 67.8 cm³/mol. The molecule has 0 amide bonds. The zero-order chi connectivity index (χ0) is 13.5. The highest BCUT2D eigenvalue weighted by molar-refractivity contribution is 5.72. The van der Waals surface area contributed by atoms with Crippen LogP contribution in [0.2, 0.25) is 0 Å². The van der Waals surface area contributed by atoms with E-state index >= 15 is 0 Å². The fraction of sp³-hybridized carbons (Fsp3) is 0.462. The van der Waals surface area contributed by atoms with Crippen molar-refractivity contribution in [3.05, 3.63) is 35.6 Å². The first-order chi connectivity index (χ1) is 8.49. The van der Waals surface area contributed by atoms with Crippen molar-refractivity contribution in [2.24, 2.45) is 5.73 Å². The van der Waals surface area contributed by atoms with E-state index in [1.54, 1.807) is 12.1 Å². The summed E-state index contributed by atoms with van der Waals surface area (Å²) in [4.78, 5) is 12.6. The molecule has 0 aromatic heterocycles. The van der Waals surface area contributed by atoms with Gasteiger partial charge in [0, 0.05) is 6.54 Å². The Morgan fingerprint density at radius 2 is 2.00 bits per heavy atom. The van der Waals surface area contributed by atoms with Crippen LogP contribution in [-0.4, -0.2) is 42.2 Å². The van der Waals surface area contributed by atoms with Crippen LogP contribution >= 0.6 is 0 Å². The molecular formula is C13H19FN2O2. The molecule has 0 saturated carbocycles. The fourth-order valence-corrected chi connectivity index (χ4v) is 1.57. The third kappa shape index (κ3) is 5.25. The number of nitrogens with two attached hydrogens (primary N) is 1. The Balaban J connectivity index is 2.26. The summed E-state index contributed by atoms with van der Waals surface area (Å²) in [6, 6.07) is 5.59. The van der Waals surface area contributed by atoms with Crippen molar-refractivity contribution in [1.82, 2.24) is 4.90 Å². The van der Waals surface area contributed by atoms with Crippen LogP contribution in [0.1, 0.15) is 12.0 Å². The lowest BCUT2D eigenvalue weighted by Gasteiger charge is -2.17. The maximum absolute atomic E-state index is 12.7. The first-order valence-electron chi connectivity index (χ1n) is 5.90. The average molecular weight is 254 g/mol. The van der Waals surface area contributed by atoms with Crippen LogP contribution in [-0.2, 0) is 11.2 Å². The Hall–Kier alpha value is -1.46. The van der Waals surface area contributed by atoms with Gasteiger partial charge in [-0.1, -0.05) is 12.1 Å². The standard InChI is InChI=1S/C13H19FN2O2/c1-16(9-7-12(15)13(17)18)8-6-10-2-4-11(14)5-3-10/h2-5,12H,6-9,15H2,1H3,(H,17,18). The Kier molecular flexibility index (Phi) is 5.74. The van der Waals surface area contributed by atoms with Gasteiger partial charge in [0.2, 0.25) is 0 Å². The Labute approximate surface area is 106 Å². The van der Waals surface area contributed by atoms with Gasteiger partial charge in [-0.3, -0.25) is 4.79 Å². The normalized spacial score (nSPS) is 12.7. The number of rotatable bonds is 7. The molecule has 0 spiro atoms. The Bertz CT molecular complexity index is 381. The number of likely N-dealkylation sites (N-methyl/N-ethyl adjacent to an activating group) is 1. The lowest BCUT2D eigenvalue weighted by molar-refractivity contribution is -0.138. The maximum atomic E-state index is 12.7. The van der Waals surface area contributed by atoms with Gasteiger partial charge < -0.3 is 15.7 Å². The van der Waals surface area contributed by atoms with Crippen LogP contribution in [0.15, 0.2) is 24.3 Å². The van der Waals surface area contributed by atoms with Gasteiger partial charge in [0.15, 0.2) is 0 Å². The van der Waals surface area contributed by atoms with Gasteiger partial charge in [0.05, 0.1) is 0 Å². The number of aliphatic carboxylic acids is 1. The summed E-state index contributed by atoms with van der Waals surface area (Å²) in [7, 11) is 1.91. The van der Waals surface area contributed by atoms with E-state index < -0.39 is 12.0 Å². The van der Waals surface area contributed by atoms with E-state index in [2.05, 4.69) is 0 Å². The van der Waals surface area contributed by atoms with Crippen molar-refractivity contribution < 1.29 is 14.3 Å². The molecule has 1 aromatic carbocycles. The number of carboxylic acids is 1. The maximum Gasteiger partial charge on any atom is 0.320 e. The molecular weight excluding hydrogens is 235 g/mol. The van der Waals surface area contributed by atoms with E-state index in [9.17, 15) is 9.18 Å². The monoisotopic (exact) mass is 254 g/mol. The molecule has 0 aliphatic heterocycles. The number of halogens is 1. The molecule has 0 bridgehead atoms. The predicted octanol–water partition coefficient (Wildman–Crippen LogP) is 1.10. The van der Waals surface area contributed by atoms with Gasteiger partial charge in [-0.05, 0) is 44.1 Å². The lowest BCUT2D eigenvalue weighted by Crippen LogP contribution is -2.34. The van der Waals surface area contributed by atoms with Crippen molar-refractivity contribution in [2.45, 2.75) is 18.9 Å². The van der Waals surface area contributed by atoms with Crippen molar-refractivity contribution >= 4 is 5.97 Å². The second-order valence-electron chi connectivity index (χ2n) is 4.41. The summed E-state index contributed by atoms with van der Waals surface area (Å²) < 4.78 is 12.7. The third-order valence-corrected chi connectivity index (χ3v) is 2.83. The van der Waals surface area contributed by atoms with Gasteiger partial charge >= 0.3 is 5.97 Å². The number of benzene rings is 1. The highest BCUT2D eigenvalue weighted by atomic mass is 19.1. The SMILES string of the molecule is CN(CCc1ccc(F)cc1)CCC(N)C(=O)O. The van der Waals surface area contributed by atoms with Crippen molar-refractivity contribution in [3.63, 3.8) is 0 Å². The van der Waals surface area contributed by atoms with Crippen LogP contribution in [0.4, 0.5) is 4.39 Å². The van der Waals surface area contributed by atoms with Crippen LogP contribution in [0, 0.1) is 5.82 Å². The molecule has 0 saturated heterocycles. The molecule has 1 unspecified atom stereocenters. The van der Waals surface area contributed by atoms with E-state index in [0.29, 0.717) is 13.0 Å². The summed E-state index contributed by atoms with van der Waals surface area (Å²) >= 11 is 0. The van der Waals surface area contributed by atoms with E-state index in [-0.39, 0.29) is 5.82 Å².